The van der Waals surface area contributed by atoms with Gasteiger partial charge in [-0.05, 0) is 24.3 Å². The van der Waals surface area contributed by atoms with E-state index in [-0.39, 0.29) is 5.97 Å². The molecule has 6 nitrogen and oxygen atoms in total. The number of rotatable bonds is 4. The summed E-state index contributed by atoms with van der Waals surface area (Å²) in [6.07, 6.45) is 3.91. The van der Waals surface area contributed by atoms with Crippen molar-refractivity contribution in [1.82, 2.24) is 14.4 Å². The standard InChI is InChI=1S/C18H15BrN4O2/c1-25-18(24)16-13-6-5-11(19)8-14(13)22-17(16)20-9-12-10-23-7-3-2-4-15(23)21-12/h2-8,10,20,22H,9H2,1H3. The van der Waals surface area contributed by atoms with Crippen LogP contribution in [0, 0.1) is 0 Å². The zero-order chi connectivity index (χ0) is 17.4. The molecule has 1 aromatic carbocycles. The van der Waals surface area contributed by atoms with Gasteiger partial charge in [-0.2, -0.15) is 0 Å². The number of carbonyl (C=O) groups is 1. The minimum atomic E-state index is -0.383. The number of fused-ring (bicyclic) bond motifs is 2. The van der Waals surface area contributed by atoms with Crippen LogP contribution in [0.2, 0.25) is 0 Å². The molecule has 3 heterocycles. The Morgan fingerprint density at radius 3 is 3.04 bits per heavy atom. The van der Waals surface area contributed by atoms with Gasteiger partial charge < -0.3 is 19.4 Å². The van der Waals surface area contributed by atoms with Gasteiger partial charge in [0.1, 0.15) is 17.0 Å². The number of nitrogens with zero attached hydrogens (tertiary/aromatic N) is 2. The molecule has 25 heavy (non-hydrogen) atoms. The number of benzene rings is 1. The molecule has 0 atom stereocenters. The number of methoxy groups -OCH3 is 1. The Bertz CT molecular complexity index is 1050. The first-order valence-corrected chi connectivity index (χ1v) is 8.51. The predicted octanol–water partition coefficient (Wildman–Crippen LogP) is 3.98. The molecule has 0 saturated carbocycles. The summed E-state index contributed by atoms with van der Waals surface area (Å²) in [5.41, 5.74) is 3.11. The van der Waals surface area contributed by atoms with Crippen LogP contribution >= 0.6 is 15.9 Å². The number of pyridine rings is 1. The van der Waals surface area contributed by atoms with E-state index in [9.17, 15) is 4.79 Å². The Balaban J connectivity index is 1.69. The van der Waals surface area contributed by atoms with E-state index in [1.54, 1.807) is 0 Å². The fourth-order valence-corrected chi connectivity index (χ4v) is 3.23. The van der Waals surface area contributed by atoms with Crippen molar-refractivity contribution < 1.29 is 9.53 Å². The fraction of sp³-hybridized carbons (Fsp3) is 0.111. The smallest absolute Gasteiger partial charge is 0.342 e. The average Bonchev–Trinajstić information content (AvgIpc) is 3.19. The third kappa shape index (κ3) is 2.87. The zero-order valence-corrected chi connectivity index (χ0v) is 15.0. The number of hydrogen-bond acceptors (Lipinski definition) is 4. The van der Waals surface area contributed by atoms with E-state index in [0.29, 0.717) is 17.9 Å². The number of ether oxygens (including phenoxy) is 1. The summed E-state index contributed by atoms with van der Waals surface area (Å²) in [4.78, 5) is 20.0. The van der Waals surface area contributed by atoms with Crippen molar-refractivity contribution in [2.45, 2.75) is 6.54 Å². The number of hydrogen-bond donors (Lipinski definition) is 2. The highest BCUT2D eigenvalue weighted by molar-refractivity contribution is 9.10. The summed E-state index contributed by atoms with van der Waals surface area (Å²) in [5.74, 6) is 0.239. The normalized spacial score (nSPS) is 11.1. The van der Waals surface area contributed by atoms with E-state index in [2.05, 4.69) is 31.2 Å². The van der Waals surface area contributed by atoms with E-state index in [1.165, 1.54) is 7.11 Å². The second-order valence-corrected chi connectivity index (χ2v) is 6.52. The van der Waals surface area contributed by atoms with Gasteiger partial charge >= 0.3 is 5.97 Å². The van der Waals surface area contributed by atoms with Crippen LogP contribution in [0.15, 0.2) is 53.3 Å². The van der Waals surface area contributed by atoms with Crippen molar-refractivity contribution in [3.8, 4) is 0 Å². The van der Waals surface area contributed by atoms with Gasteiger partial charge in [0, 0.05) is 27.8 Å². The zero-order valence-electron chi connectivity index (χ0n) is 13.4. The molecular formula is C18H15BrN4O2. The van der Waals surface area contributed by atoms with Crippen LogP contribution in [-0.2, 0) is 11.3 Å². The van der Waals surface area contributed by atoms with Crippen LogP contribution < -0.4 is 5.32 Å². The molecule has 126 valence electrons. The van der Waals surface area contributed by atoms with Crippen LogP contribution in [0.3, 0.4) is 0 Å². The summed E-state index contributed by atoms with van der Waals surface area (Å²) < 4.78 is 7.84. The lowest BCUT2D eigenvalue weighted by Crippen LogP contribution is -2.07. The van der Waals surface area contributed by atoms with Gasteiger partial charge in [-0.25, -0.2) is 9.78 Å². The van der Waals surface area contributed by atoms with Gasteiger partial charge in [-0.15, -0.1) is 0 Å². The number of nitrogens with one attached hydrogen (secondary N) is 2. The Kier molecular flexibility index (Phi) is 3.93. The number of esters is 1. The van der Waals surface area contributed by atoms with Crippen molar-refractivity contribution in [3.63, 3.8) is 0 Å². The summed E-state index contributed by atoms with van der Waals surface area (Å²) in [6.45, 7) is 0.486. The van der Waals surface area contributed by atoms with Crippen molar-refractivity contribution in [2.75, 3.05) is 12.4 Å². The van der Waals surface area contributed by atoms with Gasteiger partial charge in [-0.1, -0.05) is 28.1 Å². The molecule has 0 aliphatic carbocycles. The van der Waals surface area contributed by atoms with E-state index in [1.807, 2.05) is 53.2 Å². The molecule has 0 spiro atoms. The molecule has 4 rings (SSSR count). The Morgan fingerprint density at radius 1 is 1.36 bits per heavy atom. The van der Waals surface area contributed by atoms with Crippen LogP contribution in [0.4, 0.5) is 5.82 Å². The van der Waals surface area contributed by atoms with E-state index in [0.717, 1.165) is 26.7 Å². The van der Waals surface area contributed by atoms with Crippen molar-refractivity contribution in [2.24, 2.45) is 0 Å². The molecule has 4 aromatic rings. The minimum absolute atomic E-state index is 0.383. The minimum Gasteiger partial charge on any atom is -0.465 e. The van der Waals surface area contributed by atoms with Crippen LogP contribution in [-0.4, -0.2) is 27.4 Å². The lowest BCUT2D eigenvalue weighted by Gasteiger charge is -2.05. The number of anilines is 1. The SMILES string of the molecule is COC(=O)c1c(NCc2cn3ccccc3n2)[nH]c2cc(Br)ccc12. The molecule has 0 aliphatic heterocycles. The quantitative estimate of drug-likeness (QED) is 0.510. The first kappa shape index (κ1) is 15.7. The number of H-pyrrole nitrogens is 1. The van der Waals surface area contributed by atoms with E-state index >= 15 is 0 Å². The second kappa shape index (κ2) is 6.25. The highest BCUT2D eigenvalue weighted by atomic mass is 79.9. The first-order chi connectivity index (χ1) is 12.2. The molecule has 0 aliphatic rings. The molecule has 0 amide bonds. The van der Waals surface area contributed by atoms with Gasteiger partial charge in [0.05, 0.1) is 19.3 Å². The van der Waals surface area contributed by atoms with Crippen molar-refractivity contribution in [1.29, 1.82) is 0 Å². The average molecular weight is 399 g/mol. The Morgan fingerprint density at radius 2 is 2.24 bits per heavy atom. The molecule has 0 bridgehead atoms. The maximum atomic E-state index is 12.2. The largest absolute Gasteiger partial charge is 0.465 e. The summed E-state index contributed by atoms with van der Waals surface area (Å²) in [7, 11) is 1.38. The van der Waals surface area contributed by atoms with Gasteiger partial charge in [0.25, 0.3) is 0 Å². The highest BCUT2D eigenvalue weighted by Gasteiger charge is 2.19. The van der Waals surface area contributed by atoms with Crippen LogP contribution in [0.5, 0.6) is 0 Å². The summed E-state index contributed by atoms with van der Waals surface area (Å²) in [5, 5.41) is 4.08. The molecule has 0 fully saturated rings. The maximum absolute atomic E-state index is 12.2. The summed E-state index contributed by atoms with van der Waals surface area (Å²) >= 11 is 3.45. The predicted molar refractivity (Wildman–Crippen MR) is 99.9 cm³/mol. The molecule has 0 radical (unpaired) electrons. The Hall–Kier alpha value is -2.80. The third-order valence-electron chi connectivity index (χ3n) is 4.01. The number of aromatic amines is 1. The molecular weight excluding hydrogens is 384 g/mol. The van der Waals surface area contributed by atoms with Crippen LogP contribution in [0.1, 0.15) is 16.1 Å². The number of halogens is 1. The highest BCUT2D eigenvalue weighted by Crippen LogP contribution is 2.29. The van der Waals surface area contributed by atoms with Gasteiger partial charge in [-0.3, -0.25) is 0 Å². The number of carbonyl (C=O) groups excluding carboxylic acids is 1. The van der Waals surface area contributed by atoms with E-state index in [4.69, 9.17) is 4.74 Å². The van der Waals surface area contributed by atoms with Gasteiger partial charge in [0.2, 0.25) is 0 Å². The lowest BCUT2D eigenvalue weighted by molar-refractivity contribution is 0.0604. The third-order valence-corrected chi connectivity index (χ3v) is 4.50. The van der Waals surface area contributed by atoms with Crippen molar-refractivity contribution >= 4 is 44.3 Å². The van der Waals surface area contributed by atoms with Crippen molar-refractivity contribution in [3.05, 3.63) is 64.5 Å². The monoisotopic (exact) mass is 398 g/mol. The number of aromatic nitrogens is 3. The Labute approximate surface area is 152 Å². The molecule has 0 saturated heterocycles. The lowest BCUT2D eigenvalue weighted by atomic mass is 10.1. The first-order valence-electron chi connectivity index (χ1n) is 7.72. The fourth-order valence-electron chi connectivity index (χ4n) is 2.87. The molecule has 0 unspecified atom stereocenters. The second-order valence-electron chi connectivity index (χ2n) is 5.61. The van der Waals surface area contributed by atoms with E-state index < -0.39 is 0 Å². The summed E-state index contributed by atoms with van der Waals surface area (Å²) in [6, 6.07) is 11.6. The maximum Gasteiger partial charge on any atom is 0.342 e. The molecule has 3 aromatic heterocycles. The molecule has 2 N–H and O–H groups in total. The topological polar surface area (TPSA) is 71.4 Å². The van der Waals surface area contributed by atoms with Crippen LogP contribution in [0.25, 0.3) is 16.6 Å². The molecule has 7 heteroatoms. The number of imidazole rings is 1. The van der Waals surface area contributed by atoms with Gasteiger partial charge in [0.15, 0.2) is 0 Å².